The molecule has 0 bridgehead atoms. The zero-order valence-corrected chi connectivity index (χ0v) is 24.6. The van der Waals surface area contributed by atoms with Crippen molar-refractivity contribution in [3.05, 3.63) is 95.0 Å². The van der Waals surface area contributed by atoms with Crippen LogP contribution in [-0.4, -0.2) is 36.0 Å². The molecule has 0 radical (unpaired) electrons. The molecular formula is C32H37ClN4O4. The zero-order valence-electron chi connectivity index (χ0n) is 23.8. The number of primary amides is 1. The van der Waals surface area contributed by atoms with Crippen molar-refractivity contribution in [3.8, 4) is 5.75 Å². The SMILES string of the molecule is COc1cccc(C2C[C@@H](c3ccccc3)C[C@@H](N(C(N)=O)c3cccc(Cl)c3)C(=O)N2NC(=O)CC(C)(C)C)c1. The summed E-state index contributed by atoms with van der Waals surface area (Å²) in [5, 5.41) is 1.79. The lowest BCUT2D eigenvalue weighted by molar-refractivity contribution is -0.145. The molecule has 4 amide bonds. The summed E-state index contributed by atoms with van der Waals surface area (Å²) in [6, 6.07) is 21.6. The smallest absolute Gasteiger partial charge is 0.320 e. The average Bonchev–Trinajstić information content (AvgIpc) is 3.05. The van der Waals surface area contributed by atoms with Gasteiger partial charge in [0.25, 0.3) is 5.91 Å². The van der Waals surface area contributed by atoms with Gasteiger partial charge in [0.2, 0.25) is 5.91 Å². The first-order valence-electron chi connectivity index (χ1n) is 13.6. The molecule has 0 spiro atoms. The van der Waals surface area contributed by atoms with Crippen LogP contribution < -0.4 is 20.8 Å². The Hall–Kier alpha value is -4.04. The average molecular weight is 577 g/mol. The van der Waals surface area contributed by atoms with E-state index in [1.807, 2.05) is 75.4 Å². The Morgan fingerprint density at radius 2 is 1.68 bits per heavy atom. The van der Waals surface area contributed by atoms with Gasteiger partial charge in [-0.15, -0.1) is 0 Å². The summed E-state index contributed by atoms with van der Waals surface area (Å²) >= 11 is 6.27. The molecule has 3 aromatic carbocycles. The molecule has 8 nitrogen and oxygen atoms in total. The van der Waals surface area contributed by atoms with E-state index >= 15 is 0 Å². The molecule has 3 N–H and O–H groups in total. The first kappa shape index (κ1) is 29.9. The Morgan fingerprint density at radius 1 is 1.00 bits per heavy atom. The monoisotopic (exact) mass is 576 g/mol. The molecule has 1 aliphatic heterocycles. The molecule has 1 saturated heterocycles. The third kappa shape index (κ3) is 7.38. The number of nitrogens with zero attached hydrogens (tertiary/aromatic N) is 2. The molecule has 0 aliphatic carbocycles. The molecule has 9 heteroatoms. The van der Waals surface area contributed by atoms with Gasteiger partial charge >= 0.3 is 6.03 Å². The van der Waals surface area contributed by atoms with Crippen molar-refractivity contribution in [1.29, 1.82) is 0 Å². The van der Waals surface area contributed by atoms with E-state index in [4.69, 9.17) is 22.1 Å². The Kier molecular flexibility index (Phi) is 9.23. The van der Waals surface area contributed by atoms with Gasteiger partial charge in [0.15, 0.2) is 0 Å². The summed E-state index contributed by atoms with van der Waals surface area (Å²) in [6.45, 7) is 5.87. The van der Waals surface area contributed by atoms with Crippen LogP contribution in [0.25, 0.3) is 0 Å². The van der Waals surface area contributed by atoms with Crippen LogP contribution in [0.1, 0.15) is 63.1 Å². The van der Waals surface area contributed by atoms with Crippen LogP contribution in [-0.2, 0) is 9.59 Å². The first-order valence-corrected chi connectivity index (χ1v) is 14.0. The number of ether oxygens (including phenoxy) is 1. The van der Waals surface area contributed by atoms with Gasteiger partial charge in [-0.05, 0) is 65.6 Å². The number of halogens is 1. The number of urea groups is 1. The number of hydrogen-bond acceptors (Lipinski definition) is 4. The Balaban J connectivity index is 1.88. The molecule has 1 fully saturated rings. The Labute approximate surface area is 246 Å². The van der Waals surface area contributed by atoms with E-state index in [9.17, 15) is 14.4 Å². The largest absolute Gasteiger partial charge is 0.497 e. The van der Waals surface area contributed by atoms with Crippen LogP contribution in [0, 0.1) is 5.41 Å². The molecule has 216 valence electrons. The van der Waals surface area contributed by atoms with Crippen LogP contribution >= 0.6 is 11.6 Å². The molecule has 1 aliphatic rings. The maximum absolute atomic E-state index is 14.6. The summed E-state index contributed by atoms with van der Waals surface area (Å²) in [7, 11) is 1.58. The van der Waals surface area contributed by atoms with Crippen molar-refractivity contribution in [2.75, 3.05) is 12.0 Å². The third-order valence-electron chi connectivity index (χ3n) is 7.17. The highest BCUT2D eigenvalue weighted by atomic mass is 35.5. The van der Waals surface area contributed by atoms with Gasteiger partial charge < -0.3 is 10.5 Å². The molecule has 4 rings (SSSR count). The van der Waals surface area contributed by atoms with Crippen molar-refractivity contribution in [2.45, 2.75) is 58.0 Å². The van der Waals surface area contributed by atoms with E-state index < -0.39 is 24.0 Å². The van der Waals surface area contributed by atoms with Crippen molar-refractivity contribution in [3.63, 3.8) is 0 Å². The molecule has 1 heterocycles. The highest BCUT2D eigenvalue weighted by molar-refractivity contribution is 6.31. The summed E-state index contributed by atoms with van der Waals surface area (Å²) in [6.07, 6.45) is 0.962. The summed E-state index contributed by atoms with van der Waals surface area (Å²) in [5.41, 5.74) is 10.7. The number of benzene rings is 3. The van der Waals surface area contributed by atoms with Gasteiger partial charge in [0, 0.05) is 17.1 Å². The van der Waals surface area contributed by atoms with E-state index in [0.717, 1.165) is 11.1 Å². The van der Waals surface area contributed by atoms with Crippen molar-refractivity contribution >= 4 is 35.1 Å². The second kappa shape index (κ2) is 12.6. The predicted molar refractivity (Wildman–Crippen MR) is 161 cm³/mol. The number of methoxy groups -OCH3 is 1. The summed E-state index contributed by atoms with van der Waals surface area (Å²) < 4.78 is 5.48. The minimum atomic E-state index is -1.01. The predicted octanol–water partition coefficient (Wildman–Crippen LogP) is 6.22. The number of nitrogens with two attached hydrogens (primary N) is 1. The Morgan fingerprint density at radius 3 is 2.32 bits per heavy atom. The molecule has 41 heavy (non-hydrogen) atoms. The number of rotatable bonds is 7. The van der Waals surface area contributed by atoms with Gasteiger partial charge in [0.1, 0.15) is 11.8 Å². The van der Waals surface area contributed by atoms with E-state index in [2.05, 4.69) is 5.43 Å². The van der Waals surface area contributed by atoms with E-state index in [-0.39, 0.29) is 30.1 Å². The molecule has 3 atom stereocenters. The van der Waals surface area contributed by atoms with Gasteiger partial charge in [0.05, 0.1) is 13.2 Å². The summed E-state index contributed by atoms with van der Waals surface area (Å²) in [5.74, 6) is -0.279. The standard InChI is InChI=1S/C32H37ClN4O4/c1-32(2,3)20-29(38)35-37-27(22-12-8-15-26(16-22)41-4)17-23(21-10-6-5-7-11-21)18-28(30(37)39)36(31(34)40)25-14-9-13-24(33)19-25/h5-16,19,23,27-28H,17-18,20H2,1-4H3,(H2,34,40)(H,35,38)/t23-,27?,28-/m1/s1. The Bertz CT molecular complexity index is 1390. The maximum Gasteiger partial charge on any atom is 0.320 e. The highest BCUT2D eigenvalue weighted by Gasteiger charge is 2.43. The molecular weight excluding hydrogens is 540 g/mol. The third-order valence-corrected chi connectivity index (χ3v) is 7.41. The lowest BCUT2D eigenvalue weighted by Crippen LogP contribution is -2.57. The minimum absolute atomic E-state index is 0.160. The fourth-order valence-electron chi connectivity index (χ4n) is 5.38. The number of carbonyl (C=O) groups excluding carboxylic acids is 3. The van der Waals surface area contributed by atoms with Crippen LogP contribution in [0.15, 0.2) is 78.9 Å². The molecule has 0 saturated carbocycles. The number of anilines is 1. The molecule has 1 unspecified atom stereocenters. The van der Waals surface area contributed by atoms with Crippen LogP contribution in [0.3, 0.4) is 0 Å². The van der Waals surface area contributed by atoms with Crippen LogP contribution in [0.5, 0.6) is 5.75 Å². The number of nitrogens with one attached hydrogen (secondary N) is 1. The van der Waals surface area contributed by atoms with Crippen molar-refractivity contribution < 1.29 is 19.1 Å². The number of hydrogen-bond donors (Lipinski definition) is 2. The van der Waals surface area contributed by atoms with E-state index in [0.29, 0.717) is 22.9 Å². The van der Waals surface area contributed by atoms with Gasteiger partial charge in [-0.2, -0.15) is 0 Å². The van der Waals surface area contributed by atoms with Crippen molar-refractivity contribution in [2.24, 2.45) is 11.1 Å². The van der Waals surface area contributed by atoms with Crippen molar-refractivity contribution in [1.82, 2.24) is 10.4 Å². The fourth-order valence-corrected chi connectivity index (χ4v) is 5.56. The highest BCUT2D eigenvalue weighted by Crippen LogP contribution is 2.41. The van der Waals surface area contributed by atoms with Gasteiger partial charge in [-0.25, -0.2) is 9.80 Å². The van der Waals surface area contributed by atoms with E-state index in [1.165, 1.54) is 9.91 Å². The first-order chi connectivity index (χ1) is 19.5. The topological polar surface area (TPSA) is 105 Å². The second-order valence-electron chi connectivity index (χ2n) is 11.6. The molecule has 3 aromatic rings. The van der Waals surface area contributed by atoms with E-state index in [1.54, 1.807) is 31.4 Å². The lowest BCUT2D eigenvalue weighted by Gasteiger charge is -2.35. The number of carbonyl (C=O) groups is 3. The summed E-state index contributed by atoms with van der Waals surface area (Å²) in [4.78, 5) is 42.1. The number of hydrazine groups is 1. The zero-order chi connectivity index (χ0) is 29.7. The fraction of sp³-hybridized carbons (Fsp3) is 0.344. The van der Waals surface area contributed by atoms with Gasteiger partial charge in [-0.1, -0.05) is 80.9 Å². The molecule has 0 aromatic heterocycles. The van der Waals surface area contributed by atoms with Crippen LogP contribution in [0.4, 0.5) is 10.5 Å². The normalized spacial score (nSPS) is 19.3. The minimum Gasteiger partial charge on any atom is -0.497 e. The quantitative estimate of drug-likeness (QED) is 0.348. The lowest BCUT2D eigenvalue weighted by atomic mass is 9.86. The van der Waals surface area contributed by atoms with Gasteiger partial charge in [-0.3, -0.25) is 19.9 Å². The number of amides is 4. The second-order valence-corrected chi connectivity index (χ2v) is 12.0. The maximum atomic E-state index is 14.6. The van der Waals surface area contributed by atoms with Crippen LogP contribution in [0.2, 0.25) is 5.02 Å².